The molecule has 2 aromatic heterocycles. The number of aromatic amines is 1. The highest BCUT2D eigenvalue weighted by Crippen LogP contribution is 2.30. The Morgan fingerprint density at radius 2 is 2.03 bits per heavy atom. The molecule has 1 saturated heterocycles. The highest BCUT2D eigenvalue weighted by Gasteiger charge is 2.17. The summed E-state index contributed by atoms with van der Waals surface area (Å²) in [4.78, 5) is 19.6. The Labute approximate surface area is 190 Å². The molecular formula is C25H24FN5O2. The number of carbonyl (C=O) groups is 1. The van der Waals surface area contributed by atoms with Crippen LogP contribution in [-0.4, -0.2) is 47.4 Å². The molecule has 3 heterocycles. The summed E-state index contributed by atoms with van der Waals surface area (Å²) in [5, 5.41) is 10.7. The molecule has 1 aliphatic rings. The predicted octanol–water partition coefficient (Wildman–Crippen LogP) is 4.42. The number of hydrogen-bond donors (Lipinski definition) is 2. The van der Waals surface area contributed by atoms with E-state index in [1.807, 2.05) is 43.3 Å². The number of ether oxygens (including phenoxy) is 1. The van der Waals surface area contributed by atoms with Crippen LogP contribution in [0.25, 0.3) is 22.0 Å². The van der Waals surface area contributed by atoms with Gasteiger partial charge >= 0.3 is 0 Å². The number of nitrogens with zero attached hydrogens (tertiary/aromatic N) is 3. The molecule has 0 aliphatic carbocycles. The number of nitrogens with one attached hydrogen (secondary N) is 2. The highest BCUT2D eigenvalue weighted by molar-refractivity contribution is 6.11. The van der Waals surface area contributed by atoms with E-state index in [-0.39, 0.29) is 17.4 Å². The number of rotatable bonds is 5. The van der Waals surface area contributed by atoms with Gasteiger partial charge in [0.1, 0.15) is 11.6 Å². The minimum atomic E-state index is -0.339. The van der Waals surface area contributed by atoms with Crippen LogP contribution in [0.15, 0.2) is 54.7 Å². The van der Waals surface area contributed by atoms with Gasteiger partial charge in [0, 0.05) is 18.5 Å². The molecule has 1 aliphatic heterocycles. The van der Waals surface area contributed by atoms with Crippen molar-refractivity contribution in [1.29, 1.82) is 0 Å². The van der Waals surface area contributed by atoms with Gasteiger partial charge in [0.25, 0.3) is 5.91 Å². The molecule has 2 N–H and O–H groups in total. The molecule has 0 spiro atoms. The molecule has 168 valence electrons. The maximum atomic E-state index is 14.3. The minimum Gasteiger partial charge on any atom is -0.378 e. The standard InChI is InChI=1S/C25H24FN5O2/c1-2-18-19(4-3-5-21(18)26)16-6-8-22-20(14-16)24(30-29-22)25(32)28-17-7-9-23(27-15-17)31-10-12-33-13-11-31/h3-9,14-15H,2,10-13H2,1H3,(H,28,32)(H,29,30). The first kappa shape index (κ1) is 21.1. The van der Waals surface area contributed by atoms with Crippen LogP contribution in [0.3, 0.4) is 0 Å². The number of aromatic nitrogens is 3. The largest absolute Gasteiger partial charge is 0.378 e. The van der Waals surface area contributed by atoms with Gasteiger partial charge in [-0.05, 0) is 53.4 Å². The third-order valence-electron chi connectivity index (χ3n) is 5.90. The van der Waals surface area contributed by atoms with Crippen molar-refractivity contribution in [1.82, 2.24) is 15.2 Å². The zero-order valence-corrected chi connectivity index (χ0v) is 18.3. The number of anilines is 2. The number of benzene rings is 2. The lowest BCUT2D eigenvalue weighted by atomic mass is 9.96. The summed E-state index contributed by atoms with van der Waals surface area (Å²) in [6.45, 7) is 4.89. The molecular weight excluding hydrogens is 421 g/mol. The third-order valence-corrected chi connectivity index (χ3v) is 5.90. The predicted molar refractivity (Wildman–Crippen MR) is 126 cm³/mol. The van der Waals surface area contributed by atoms with Gasteiger partial charge in [0.2, 0.25) is 0 Å². The zero-order valence-electron chi connectivity index (χ0n) is 18.3. The molecule has 0 radical (unpaired) electrons. The van der Waals surface area contributed by atoms with Crippen molar-refractivity contribution in [3.8, 4) is 11.1 Å². The first-order valence-corrected chi connectivity index (χ1v) is 11.0. The van der Waals surface area contributed by atoms with Crippen molar-refractivity contribution in [2.75, 3.05) is 36.5 Å². The highest BCUT2D eigenvalue weighted by atomic mass is 19.1. The molecule has 8 heteroatoms. The van der Waals surface area contributed by atoms with E-state index >= 15 is 0 Å². The van der Waals surface area contributed by atoms with Crippen LogP contribution in [0.4, 0.5) is 15.9 Å². The van der Waals surface area contributed by atoms with E-state index in [2.05, 4.69) is 25.4 Å². The number of fused-ring (bicyclic) bond motifs is 1. The van der Waals surface area contributed by atoms with Crippen molar-refractivity contribution < 1.29 is 13.9 Å². The molecule has 0 bridgehead atoms. The van der Waals surface area contributed by atoms with E-state index in [0.29, 0.717) is 36.3 Å². The van der Waals surface area contributed by atoms with Gasteiger partial charge in [-0.15, -0.1) is 0 Å². The third kappa shape index (κ3) is 4.17. The van der Waals surface area contributed by atoms with Crippen molar-refractivity contribution in [2.24, 2.45) is 0 Å². The topological polar surface area (TPSA) is 83.1 Å². The van der Waals surface area contributed by atoms with Crippen LogP contribution >= 0.6 is 0 Å². The van der Waals surface area contributed by atoms with Crippen molar-refractivity contribution in [3.63, 3.8) is 0 Å². The van der Waals surface area contributed by atoms with Gasteiger partial charge in [-0.2, -0.15) is 5.10 Å². The summed E-state index contributed by atoms with van der Waals surface area (Å²) in [6.07, 6.45) is 2.22. The van der Waals surface area contributed by atoms with Gasteiger partial charge in [-0.3, -0.25) is 9.89 Å². The van der Waals surface area contributed by atoms with Gasteiger partial charge in [-0.25, -0.2) is 9.37 Å². The van der Waals surface area contributed by atoms with Crippen molar-refractivity contribution >= 4 is 28.3 Å². The van der Waals surface area contributed by atoms with Gasteiger partial charge < -0.3 is 15.0 Å². The van der Waals surface area contributed by atoms with Crippen LogP contribution < -0.4 is 10.2 Å². The summed E-state index contributed by atoms with van der Waals surface area (Å²) >= 11 is 0. The molecule has 1 amide bonds. The van der Waals surface area contributed by atoms with Crippen LogP contribution in [0.1, 0.15) is 23.0 Å². The first-order chi connectivity index (χ1) is 16.1. The Hall–Kier alpha value is -3.78. The number of carbonyl (C=O) groups excluding carboxylic acids is 1. The number of hydrogen-bond acceptors (Lipinski definition) is 5. The van der Waals surface area contributed by atoms with E-state index in [1.54, 1.807) is 12.3 Å². The Morgan fingerprint density at radius 1 is 1.18 bits per heavy atom. The van der Waals surface area contributed by atoms with Crippen LogP contribution in [-0.2, 0) is 11.2 Å². The number of amides is 1. The number of pyridine rings is 1. The average Bonchev–Trinajstić information content (AvgIpc) is 3.28. The SMILES string of the molecule is CCc1c(F)cccc1-c1ccc2[nH]nc(C(=O)Nc3ccc(N4CCOCC4)nc3)c2c1. The van der Waals surface area contributed by atoms with Crippen LogP contribution in [0.5, 0.6) is 0 Å². The first-order valence-electron chi connectivity index (χ1n) is 11.0. The Morgan fingerprint density at radius 3 is 2.79 bits per heavy atom. The average molecular weight is 445 g/mol. The second kappa shape index (κ2) is 8.99. The molecule has 4 aromatic rings. The van der Waals surface area contributed by atoms with E-state index in [4.69, 9.17) is 4.74 Å². The molecule has 7 nitrogen and oxygen atoms in total. The lowest BCUT2D eigenvalue weighted by Gasteiger charge is -2.27. The molecule has 0 atom stereocenters. The van der Waals surface area contributed by atoms with Crippen LogP contribution in [0.2, 0.25) is 0 Å². The molecule has 1 fully saturated rings. The smallest absolute Gasteiger partial charge is 0.276 e. The quantitative estimate of drug-likeness (QED) is 0.475. The van der Waals surface area contributed by atoms with E-state index in [1.165, 1.54) is 6.07 Å². The zero-order chi connectivity index (χ0) is 22.8. The van der Waals surface area contributed by atoms with Gasteiger partial charge in [-0.1, -0.05) is 25.1 Å². The molecule has 33 heavy (non-hydrogen) atoms. The van der Waals surface area contributed by atoms with E-state index in [9.17, 15) is 9.18 Å². The fourth-order valence-corrected chi connectivity index (χ4v) is 4.17. The Bertz CT molecular complexity index is 1300. The number of H-pyrrole nitrogens is 1. The fourth-order valence-electron chi connectivity index (χ4n) is 4.17. The second-order valence-electron chi connectivity index (χ2n) is 7.91. The number of morpholine rings is 1. The lowest BCUT2D eigenvalue weighted by molar-refractivity contribution is 0.102. The summed E-state index contributed by atoms with van der Waals surface area (Å²) in [6, 6.07) is 14.4. The maximum absolute atomic E-state index is 14.3. The second-order valence-corrected chi connectivity index (χ2v) is 7.91. The fraction of sp³-hybridized carbons (Fsp3) is 0.240. The Balaban J connectivity index is 1.40. The van der Waals surface area contributed by atoms with Crippen molar-refractivity contribution in [2.45, 2.75) is 13.3 Å². The lowest BCUT2D eigenvalue weighted by Crippen LogP contribution is -2.36. The monoisotopic (exact) mass is 445 g/mol. The van der Waals surface area contributed by atoms with E-state index < -0.39 is 0 Å². The van der Waals surface area contributed by atoms with Gasteiger partial charge in [0.05, 0.1) is 30.6 Å². The summed E-state index contributed by atoms with van der Waals surface area (Å²) in [5.74, 6) is 0.288. The molecule has 0 unspecified atom stereocenters. The molecule has 5 rings (SSSR count). The Kier molecular flexibility index (Phi) is 5.75. The van der Waals surface area contributed by atoms with Gasteiger partial charge in [0.15, 0.2) is 5.69 Å². The minimum absolute atomic E-state index is 0.228. The summed E-state index contributed by atoms with van der Waals surface area (Å²) in [5.41, 5.74) is 3.90. The summed E-state index contributed by atoms with van der Waals surface area (Å²) in [7, 11) is 0. The van der Waals surface area contributed by atoms with Crippen LogP contribution in [0, 0.1) is 5.82 Å². The number of halogens is 1. The normalized spacial score (nSPS) is 13.9. The molecule has 0 saturated carbocycles. The van der Waals surface area contributed by atoms with E-state index in [0.717, 1.165) is 35.6 Å². The summed E-state index contributed by atoms with van der Waals surface area (Å²) < 4.78 is 19.7. The maximum Gasteiger partial charge on any atom is 0.276 e. The molecule has 2 aromatic carbocycles. The van der Waals surface area contributed by atoms with Crippen molar-refractivity contribution in [3.05, 3.63) is 71.8 Å².